The van der Waals surface area contributed by atoms with Gasteiger partial charge in [0.25, 0.3) is 0 Å². The van der Waals surface area contributed by atoms with Crippen molar-refractivity contribution in [2.45, 2.75) is 206 Å². The van der Waals surface area contributed by atoms with E-state index in [2.05, 4.69) is 20.8 Å². The molecule has 1 radical (unpaired) electrons. The zero-order chi connectivity index (χ0) is 24.8. The van der Waals surface area contributed by atoms with Crippen LogP contribution in [0.15, 0.2) is 0 Å². The average Bonchev–Trinajstić information content (AvgIpc) is 2.85. The molecule has 205 valence electrons. The lowest BCUT2D eigenvalue weighted by Crippen LogP contribution is -2.01. The summed E-state index contributed by atoms with van der Waals surface area (Å²) in [6.07, 6.45) is 43.7. The van der Waals surface area contributed by atoms with Crippen LogP contribution < -0.4 is 0 Å². The maximum Gasteiger partial charge on any atom is -0.0414 e. The Labute approximate surface area is 219 Å². The minimum Gasteiger partial charge on any atom is -0.0654 e. The molecule has 0 amide bonds. The quantitative estimate of drug-likeness (QED) is 0.0902. The zero-order valence-electron chi connectivity index (χ0n) is 24.5. The molecule has 0 N–H and O–H groups in total. The van der Waals surface area contributed by atoms with Gasteiger partial charge in [0, 0.05) is 0 Å². The second kappa shape index (κ2) is 31.0. The van der Waals surface area contributed by atoms with Crippen molar-refractivity contribution in [1.82, 2.24) is 0 Å². The Balaban J connectivity index is 3.60. The van der Waals surface area contributed by atoms with Gasteiger partial charge >= 0.3 is 0 Å². The summed E-state index contributed by atoms with van der Waals surface area (Å²) >= 11 is 0. The first-order valence-electron chi connectivity index (χ1n) is 16.6. The summed E-state index contributed by atoms with van der Waals surface area (Å²) in [5.74, 6) is 1.02. The largest absolute Gasteiger partial charge is 0.0654 e. The molecule has 0 fully saturated rings. The highest BCUT2D eigenvalue weighted by Gasteiger charge is 2.08. The predicted molar refractivity (Wildman–Crippen MR) is 159 cm³/mol. The van der Waals surface area contributed by atoms with Gasteiger partial charge in [-0.2, -0.15) is 0 Å². The third-order valence-corrected chi connectivity index (χ3v) is 8.04. The van der Waals surface area contributed by atoms with E-state index in [0.717, 1.165) is 12.3 Å². The fraction of sp³-hybridized carbons (Fsp3) is 0.971. The lowest BCUT2D eigenvalue weighted by Gasteiger charge is -2.17. The molecular weight excluding hydrogens is 408 g/mol. The maximum absolute atomic E-state index is 4.02. The summed E-state index contributed by atoms with van der Waals surface area (Å²) in [6.45, 7) is 8.65. The van der Waals surface area contributed by atoms with Crippen molar-refractivity contribution < 1.29 is 0 Å². The molecule has 0 aromatic heterocycles. The van der Waals surface area contributed by atoms with E-state index in [4.69, 9.17) is 0 Å². The second-order valence-corrected chi connectivity index (χ2v) is 11.6. The van der Waals surface area contributed by atoms with Crippen LogP contribution in [0, 0.1) is 12.8 Å². The van der Waals surface area contributed by atoms with Crippen LogP contribution in [0.1, 0.15) is 206 Å². The van der Waals surface area contributed by atoms with Crippen LogP contribution in [-0.2, 0) is 0 Å². The molecular formula is C34H69. The van der Waals surface area contributed by atoms with Gasteiger partial charge in [0.15, 0.2) is 0 Å². The van der Waals surface area contributed by atoms with E-state index in [1.807, 2.05) is 0 Å². The summed E-state index contributed by atoms with van der Waals surface area (Å²) in [5, 5.41) is 0. The van der Waals surface area contributed by atoms with Gasteiger partial charge in [-0.05, 0) is 5.92 Å². The molecule has 0 aromatic rings. The highest BCUT2D eigenvalue weighted by atomic mass is 14.1. The van der Waals surface area contributed by atoms with E-state index in [9.17, 15) is 0 Å². The number of rotatable bonds is 30. The molecule has 0 rings (SSSR count). The van der Waals surface area contributed by atoms with E-state index in [-0.39, 0.29) is 0 Å². The molecule has 0 saturated carbocycles. The van der Waals surface area contributed by atoms with Crippen LogP contribution in [-0.4, -0.2) is 0 Å². The first kappa shape index (κ1) is 34.0. The van der Waals surface area contributed by atoms with Gasteiger partial charge in [0.05, 0.1) is 0 Å². The maximum atomic E-state index is 4.02. The molecule has 0 spiro atoms. The smallest absolute Gasteiger partial charge is 0.0414 e. The van der Waals surface area contributed by atoms with E-state index in [1.54, 1.807) is 0 Å². The standard InChI is InChI=1S/C34H69/c1-4-7-10-13-15-17-18-19-20-21-22-23-25-27-30-33-34(31-28-12-9-6-3)32-29-26-24-16-14-11-8-5-2/h34H,3-33H2,1-2H3. The van der Waals surface area contributed by atoms with Crippen LogP contribution in [0.5, 0.6) is 0 Å². The third kappa shape index (κ3) is 28.2. The molecule has 0 heterocycles. The molecule has 1 atom stereocenters. The Morgan fingerprint density at radius 3 is 0.824 bits per heavy atom. The van der Waals surface area contributed by atoms with Crippen molar-refractivity contribution in [2.24, 2.45) is 5.92 Å². The van der Waals surface area contributed by atoms with Crippen LogP contribution >= 0.6 is 0 Å². The van der Waals surface area contributed by atoms with Crippen LogP contribution in [0.2, 0.25) is 0 Å². The lowest BCUT2D eigenvalue weighted by molar-refractivity contribution is 0.366. The van der Waals surface area contributed by atoms with Gasteiger partial charge in [-0.1, -0.05) is 213 Å². The second-order valence-electron chi connectivity index (χ2n) is 11.6. The van der Waals surface area contributed by atoms with Gasteiger partial charge in [-0.15, -0.1) is 0 Å². The van der Waals surface area contributed by atoms with Crippen LogP contribution in [0.25, 0.3) is 0 Å². The molecule has 0 aliphatic rings. The third-order valence-electron chi connectivity index (χ3n) is 8.04. The number of hydrogen-bond donors (Lipinski definition) is 0. The van der Waals surface area contributed by atoms with Crippen molar-refractivity contribution in [3.05, 3.63) is 6.92 Å². The van der Waals surface area contributed by atoms with Gasteiger partial charge in [0.2, 0.25) is 0 Å². The summed E-state index contributed by atoms with van der Waals surface area (Å²) < 4.78 is 0. The van der Waals surface area contributed by atoms with Crippen molar-refractivity contribution in [3.8, 4) is 0 Å². The normalized spacial score (nSPS) is 12.4. The van der Waals surface area contributed by atoms with Gasteiger partial charge < -0.3 is 0 Å². The fourth-order valence-electron chi connectivity index (χ4n) is 5.59. The molecule has 0 saturated heterocycles. The Hall–Kier alpha value is 0. The van der Waals surface area contributed by atoms with Gasteiger partial charge in [-0.25, -0.2) is 0 Å². The number of hydrogen-bond acceptors (Lipinski definition) is 0. The van der Waals surface area contributed by atoms with Crippen molar-refractivity contribution in [1.29, 1.82) is 0 Å². The van der Waals surface area contributed by atoms with Crippen molar-refractivity contribution in [3.63, 3.8) is 0 Å². The summed E-state index contributed by atoms with van der Waals surface area (Å²) in [4.78, 5) is 0. The van der Waals surface area contributed by atoms with Crippen molar-refractivity contribution in [2.75, 3.05) is 0 Å². The van der Waals surface area contributed by atoms with E-state index < -0.39 is 0 Å². The summed E-state index contributed by atoms with van der Waals surface area (Å²) in [5.41, 5.74) is 0. The molecule has 0 aliphatic heterocycles. The highest BCUT2D eigenvalue weighted by Crippen LogP contribution is 2.24. The molecule has 34 heavy (non-hydrogen) atoms. The molecule has 0 bridgehead atoms. The molecule has 0 aromatic carbocycles. The Morgan fingerprint density at radius 1 is 0.324 bits per heavy atom. The Kier molecular flexibility index (Phi) is 31.0. The average molecular weight is 478 g/mol. The van der Waals surface area contributed by atoms with E-state index in [1.165, 1.54) is 186 Å². The molecule has 0 nitrogen and oxygen atoms in total. The van der Waals surface area contributed by atoms with E-state index >= 15 is 0 Å². The SMILES string of the molecule is [CH2]CCCCCC(CCCCCCCCCC)CCCCCCCCCCCCCCCCC. The van der Waals surface area contributed by atoms with Gasteiger partial charge in [0.1, 0.15) is 0 Å². The topological polar surface area (TPSA) is 0 Å². The lowest BCUT2D eigenvalue weighted by atomic mass is 9.89. The van der Waals surface area contributed by atoms with Crippen LogP contribution in [0.3, 0.4) is 0 Å². The Bertz CT molecular complexity index is 333. The zero-order valence-corrected chi connectivity index (χ0v) is 24.5. The number of unbranched alkanes of at least 4 members (excludes halogenated alkanes) is 24. The first-order valence-corrected chi connectivity index (χ1v) is 16.6. The summed E-state index contributed by atoms with van der Waals surface area (Å²) in [6, 6.07) is 0. The molecule has 1 unspecified atom stereocenters. The Morgan fingerprint density at radius 2 is 0.559 bits per heavy atom. The fourth-order valence-corrected chi connectivity index (χ4v) is 5.59. The highest BCUT2D eigenvalue weighted by molar-refractivity contribution is 4.62. The monoisotopic (exact) mass is 478 g/mol. The van der Waals surface area contributed by atoms with Crippen LogP contribution in [0.4, 0.5) is 0 Å². The molecule has 0 heteroatoms. The minimum atomic E-state index is 1.02. The predicted octanol–water partition coefficient (Wildman–Crippen LogP) is 13.2. The van der Waals surface area contributed by atoms with Crippen molar-refractivity contribution >= 4 is 0 Å². The first-order chi connectivity index (χ1) is 16.8. The summed E-state index contributed by atoms with van der Waals surface area (Å²) in [7, 11) is 0. The minimum absolute atomic E-state index is 1.02. The van der Waals surface area contributed by atoms with Gasteiger partial charge in [-0.3, -0.25) is 0 Å². The van der Waals surface area contributed by atoms with E-state index in [0.29, 0.717) is 0 Å². The molecule has 0 aliphatic carbocycles.